The Kier molecular flexibility index (Phi) is 11.5. The zero-order chi connectivity index (χ0) is 38.9. The van der Waals surface area contributed by atoms with Gasteiger partial charge in [0.1, 0.15) is 6.67 Å². The van der Waals surface area contributed by atoms with E-state index in [1.165, 1.54) is 59.1 Å². The predicted molar refractivity (Wildman–Crippen MR) is 214 cm³/mol. The van der Waals surface area contributed by atoms with E-state index >= 15 is 0 Å². The Hall–Kier alpha value is -4.22. The number of likely N-dealkylation sites (tertiary alicyclic amines) is 1. The Labute approximate surface area is 328 Å². The van der Waals surface area contributed by atoms with Crippen molar-refractivity contribution in [2.45, 2.75) is 70.6 Å². The summed E-state index contributed by atoms with van der Waals surface area (Å²) in [6.07, 6.45) is 12.1. The number of hydrogen-bond donors (Lipinski definition) is 2. The maximum absolute atomic E-state index is 13.3. The van der Waals surface area contributed by atoms with E-state index < -0.39 is 12.6 Å². The summed E-state index contributed by atoms with van der Waals surface area (Å²) in [5.41, 5.74) is 9.02. The van der Waals surface area contributed by atoms with Crippen LogP contribution in [-0.2, 0) is 54.0 Å². The van der Waals surface area contributed by atoms with E-state index in [2.05, 4.69) is 40.7 Å². The van der Waals surface area contributed by atoms with Crippen molar-refractivity contribution in [3.63, 3.8) is 0 Å². The number of carbonyl (C=O) groups is 3. The van der Waals surface area contributed by atoms with E-state index in [4.69, 9.17) is 9.47 Å². The van der Waals surface area contributed by atoms with Crippen LogP contribution in [0, 0.1) is 29.6 Å². The van der Waals surface area contributed by atoms with Crippen LogP contribution in [0.3, 0.4) is 0 Å². The molecule has 0 bridgehead atoms. The van der Waals surface area contributed by atoms with Crippen LogP contribution in [0.5, 0.6) is 0 Å². The first-order chi connectivity index (χ1) is 27.2. The van der Waals surface area contributed by atoms with Gasteiger partial charge in [-0.15, -0.1) is 0 Å². The molecule has 5 aliphatic rings. The number of carboxylic acids is 1. The van der Waals surface area contributed by atoms with E-state index in [0.717, 1.165) is 87.7 Å². The number of benzene rings is 2. The Morgan fingerprint density at radius 3 is 1.77 bits per heavy atom. The lowest BCUT2D eigenvalue weighted by atomic mass is 9.75. The number of alkyl halides is 1. The minimum absolute atomic E-state index is 0.0212. The average Bonchev–Trinajstić information content (AvgIpc) is 3.93. The van der Waals surface area contributed by atoms with Gasteiger partial charge >= 0.3 is 5.97 Å². The molecular weight excluding hydrogens is 712 g/mol. The normalized spacial score (nSPS) is 23.1. The Morgan fingerprint density at radius 1 is 0.732 bits per heavy atom. The fraction of sp³-hybridized carbons (Fsp3) is 0.578. The molecule has 5 heterocycles. The van der Waals surface area contributed by atoms with Gasteiger partial charge in [-0.1, -0.05) is 0 Å². The molecule has 0 spiro atoms. The van der Waals surface area contributed by atoms with Crippen molar-refractivity contribution in [1.29, 1.82) is 0 Å². The number of carboxylic acid groups (broad SMARTS) is 1. The predicted octanol–water partition coefficient (Wildman–Crippen LogP) is 6.67. The van der Waals surface area contributed by atoms with E-state index in [0.29, 0.717) is 42.5 Å². The molecule has 0 saturated carbocycles. The highest BCUT2D eigenvalue weighted by Gasteiger charge is 2.34. The molecule has 3 fully saturated rings. The van der Waals surface area contributed by atoms with Crippen molar-refractivity contribution in [2.24, 2.45) is 43.7 Å². The van der Waals surface area contributed by atoms with Gasteiger partial charge in [0.25, 0.3) is 5.91 Å². The standard InChI is InChI=1S/C26H34FN3O3.C19H23NO3/c1-29-23-4-2-18(17-7-12-33-13-8-17)14-21(23)22-15-19(3-5-24(22)29)26(32)30-11-6-20(16-30)25(31)28-10-9-27;1-20-17-4-2-13(12-6-8-23-9-7-12)10-15(17)16-11-14(19(21)22)3-5-18(16)20/h3,5,15,17-18,20H,2,4,6-14,16H2,1H3,(H,28,31);3,5,11-13H,2,4,6-10H2,1H3,(H,21,22)/t18?,20-;/m0./s1. The molecule has 11 heteroatoms. The molecule has 2 unspecified atom stereocenters. The number of aromatic carboxylic acids is 1. The van der Waals surface area contributed by atoms with Gasteiger partial charge < -0.3 is 33.9 Å². The number of ether oxygens (including phenoxy) is 2. The molecule has 2 N–H and O–H groups in total. The highest BCUT2D eigenvalue weighted by Crippen LogP contribution is 2.41. The van der Waals surface area contributed by atoms with Gasteiger partial charge in [0.05, 0.1) is 11.5 Å². The van der Waals surface area contributed by atoms with Gasteiger partial charge in [0, 0.05) is 98.9 Å². The molecule has 9 rings (SSSR count). The van der Waals surface area contributed by atoms with Crippen LogP contribution < -0.4 is 5.32 Å². The number of halogens is 1. The number of aromatic nitrogens is 2. The zero-order valence-corrected chi connectivity index (χ0v) is 33.0. The zero-order valence-electron chi connectivity index (χ0n) is 33.0. The van der Waals surface area contributed by atoms with E-state index in [-0.39, 0.29) is 24.3 Å². The van der Waals surface area contributed by atoms with Crippen molar-refractivity contribution >= 4 is 39.6 Å². The van der Waals surface area contributed by atoms with Crippen LogP contribution >= 0.6 is 0 Å². The summed E-state index contributed by atoms with van der Waals surface area (Å²) in [5, 5.41) is 14.2. The summed E-state index contributed by atoms with van der Waals surface area (Å²) in [4.78, 5) is 38.5. The quantitative estimate of drug-likeness (QED) is 0.217. The van der Waals surface area contributed by atoms with Crippen molar-refractivity contribution in [2.75, 3.05) is 52.7 Å². The molecule has 2 amide bonds. The van der Waals surface area contributed by atoms with Gasteiger partial charge in [0.2, 0.25) is 5.91 Å². The number of aryl methyl sites for hydroxylation is 2. The van der Waals surface area contributed by atoms with Gasteiger partial charge in [-0.2, -0.15) is 0 Å². The lowest BCUT2D eigenvalue weighted by Gasteiger charge is -2.33. The number of amides is 2. The van der Waals surface area contributed by atoms with Crippen LogP contribution in [-0.4, -0.2) is 89.7 Å². The molecule has 2 aromatic heterocycles. The molecule has 0 radical (unpaired) electrons. The highest BCUT2D eigenvalue weighted by atomic mass is 19.1. The van der Waals surface area contributed by atoms with Crippen molar-refractivity contribution in [3.05, 3.63) is 70.0 Å². The second-order valence-corrected chi connectivity index (χ2v) is 16.9. The van der Waals surface area contributed by atoms with Crippen molar-refractivity contribution < 1.29 is 33.4 Å². The number of rotatable bonds is 7. The smallest absolute Gasteiger partial charge is 0.335 e. The van der Waals surface area contributed by atoms with Crippen molar-refractivity contribution in [1.82, 2.24) is 19.4 Å². The number of nitrogens with zero attached hydrogens (tertiary/aromatic N) is 3. The second kappa shape index (κ2) is 16.7. The highest BCUT2D eigenvalue weighted by molar-refractivity contribution is 6.00. The summed E-state index contributed by atoms with van der Waals surface area (Å²) < 4.78 is 28.0. The van der Waals surface area contributed by atoms with Gasteiger partial charge in [-0.3, -0.25) is 9.59 Å². The molecule has 10 nitrogen and oxygen atoms in total. The minimum Gasteiger partial charge on any atom is -0.478 e. The summed E-state index contributed by atoms with van der Waals surface area (Å²) in [7, 11) is 4.24. The molecule has 3 aliphatic heterocycles. The van der Waals surface area contributed by atoms with Crippen LogP contribution in [0.15, 0.2) is 36.4 Å². The third-order valence-corrected chi connectivity index (χ3v) is 13.9. The fourth-order valence-electron chi connectivity index (χ4n) is 10.7. The van der Waals surface area contributed by atoms with Crippen LogP contribution in [0.4, 0.5) is 4.39 Å². The number of nitrogens with one attached hydrogen (secondary N) is 1. The summed E-state index contributed by atoms with van der Waals surface area (Å²) in [5.74, 6) is 1.61. The summed E-state index contributed by atoms with van der Waals surface area (Å²) in [6.45, 7) is 3.97. The maximum Gasteiger partial charge on any atom is 0.335 e. The molecule has 3 atom stereocenters. The maximum atomic E-state index is 13.3. The van der Waals surface area contributed by atoms with Crippen LogP contribution in [0.1, 0.15) is 88.2 Å². The SMILES string of the molecule is Cn1c2c(c3cc(C(=O)N4CC[C@H](C(=O)NCCF)C4)ccc31)CC(C1CCOCC1)CC2.Cn1c2c(c3cc(C(=O)O)ccc31)CC(C1CCOCC1)CC2. The lowest BCUT2D eigenvalue weighted by molar-refractivity contribution is -0.124. The molecule has 56 heavy (non-hydrogen) atoms. The monoisotopic (exact) mass is 768 g/mol. The fourth-order valence-corrected chi connectivity index (χ4v) is 10.7. The lowest BCUT2D eigenvalue weighted by Crippen LogP contribution is -2.35. The summed E-state index contributed by atoms with van der Waals surface area (Å²) >= 11 is 0. The van der Waals surface area contributed by atoms with Gasteiger partial charge in [0.15, 0.2) is 0 Å². The second-order valence-electron chi connectivity index (χ2n) is 16.9. The number of carbonyl (C=O) groups excluding carboxylic acids is 2. The molecule has 2 aromatic carbocycles. The molecule has 2 aliphatic carbocycles. The topological polar surface area (TPSA) is 115 Å². The average molecular weight is 769 g/mol. The van der Waals surface area contributed by atoms with E-state index in [9.17, 15) is 23.9 Å². The van der Waals surface area contributed by atoms with Crippen molar-refractivity contribution in [3.8, 4) is 0 Å². The minimum atomic E-state index is -0.846. The molecule has 4 aromatic rings. The Bertz CT molecular complexity index is 2090. The molecule has 300 valence electrons. The van der Waals surface area contributed by atoms with E-state index in [1.54, 1.807) is 11.0 Å². The first-order valence-corrected chi connectivity index (χ1v) is 20.9. The van der Waals surface area contributed by atoms with E-state index in [1.807, 2.05) is 18.2 Å². The number of fused-ring (bicyclic) bond motifs is 6. The van der Waals surface area contributed by atoms with Crippen LogP contribution in [0.25, 0.3) is 21.8 Å². The third-order valence-electron chi connectivity index (χ3n) is 13.9. The first kappa shape index (κ1) is 38.6. The largest absolute Gasteiger partial charge is 0.478 e. The summed E-state index contributed by atoms with van der Waals surface area (Å²) in [6, 6.07) is 11.6. The van der Waals surface area contributed by atoms with Crippen LogP contribution in [0.2, 0.25) is 0 Å². The number of hydrogen-bond acceptors (Lipinski definition) is 5. The third kappa shape index (κ3) is 7.61. The molecular formula is C45H57FN4O6. The van der Waals surface area contributed by atoms with Gasteiger partial charge in [-0.05, 0) is 142 Å². The molecule has 3 saturated heterocycles. The Balaban J connectivity index is 0.000000168. The van der Waals surface area contributed by atoms with Gasteiger partial charge in [-0.25, -0.2) is 9.18 Å². The first-order valence-electron chi connectivity index (χ1n) is 20.9. The Morgan fingerprint density at radius 2 is 1.25 bits per heavy atom.